The predicted molar refractivity (Wildman–Crippen MR) is 112 cm³/mol. The van der Waals surface area contributed by atoms with Crippen LogP contribution >= 0.6 is 12.2 Å². The molecule has 0 aliphatic rings. The van der Waals surface area contributed by atoms with Crippen LogP contribution in [0.25, 0.3) is 10.9 Å². The molecular formula is C20H22N4O2S. The van der Waals surface area contributed by atoms with Crippen molar-refractivity contribution in [3.63, 3.8) is 0 Å². The molecule has 0 unspecified atom stereocenters. The molecule has 0 amide bonds. The van der Waals surface area contributed by atoms with Gasteiger partial charge in [-0.15, -0.1) is 10.2 Å². The van der Waals surface area contributed by atoms with E-state index in [0.717, 1.165) is 28.8 Å². The molecule has 0 spiro atoms. The Morgan fingerprint density at radius 1 is 1.15 bits per heavy atom. The summed E-state index contributed by atoms with van der Waals surface area (Å²) in [7, 11) is 0. The van der Waals surface area contributed by atoms with E-state index >= 15 is 0 Å². The highest BCUT2D eigenvalue weighted by atomic mass is 32.1. The molecule has 27 heavy (non-hydrogen) atoms. The van der Waals surface area contributed by atoms with Gasteiger partial charge in [-0.1, -0.05) is 25.1 Å². The van der Waals surface area contributed by atoms with Gasteiger partial charge in [0.2, 0.25) is 11.0 Å². The minimum atomic E-state index is 0.102. The first-order valence-electron chi connectivity index (χ1n) is 8.89. The number of fused-ring (bicyclic) bond motifs is 1. The number of para-hydroxylation sites is 1. The van der Waals surface area contributed by atoms with Gasteiger partial charge in [-0.2, -0.15) is 0 Å². The summed E-state index contributed by atoms with van der Waals surface area (Å²) < 4.78 is 7.25. The number of rotatable bonds is 6. The minimum absolute atomic E-state index is 0.102. The quantitative estimate of drug-likeness (QED) is 0.428. The van der Waals surface area contributed by atoms with Crippen molar-refractivity contribution in [3.8, 4) is 11.6 Å². The van der Waals surface area contributed by atoms with Crippen LogP contribution in [0.4, 0.5) is 11.4 Å². The van der Waals surface area contributed by atoms with Crippen molar-refractivity contribution in [2.24, 2.45) is 10.2 Å². The van der Waals surface area contributed by atoms with Gasteiger partial charge < -0.3 is 19.7 Å². The van der Waals surface area contributed by atoms with E-state index in [1.54, 1.807) is 0 Å². The highest BCUT2D eigenvalue weighted by molar-refractivity contribution is 7.80. The van der Waals surface area contributed by atoms with E-state index in [9.17, 15) is 5.11 Å². The summed E-state index contributed by atoms with van der Waals surface area (Å²) >= 11 is 5.25. The van der Waals surface area contributed by atoms with Gasteiger partial charge in [0, 0.05) is 17.6 Å². The molecule has 7 heteroatoms. The van der Waals surface area contributed by atoms with Gasteiger partial charge in [-0.05, 0) is 55.9 Å². The van der Waals surface area contributed by atoms with Crippen molar-refractivity contribution < 1.29 is 9.84 Å². The van der Waals surface area contributed by atoms with E-state index in [-0.39, 0.29) is 11.0 Å². The summed E-state index contributed by atoms with van der Waals surface area (Å²) in [5.41, 5.74) is 2.14. The van der Waals surface area contributed by atoms with E-state index < -0.39 is 0 Å². The second kappa shape index (κ2) is 8.64. The van der Waals surface area contributed by atoms with Crippen molar-refractivity contribution in [1.82, 2.24) is 4.57 Å². The number of aromatic nitrogens is 1. The van der Waals surface area contributed by atoms with Gasteiger partial charge in [0.25, 0.3) is 0 Å². The monoisotopic (exact) mass is 382 g/mol. The zero-order valence-corrected chi connectivity index (χ0v) is 16.2. The number of hydrogen-bond donors (Lipinski definition) is 2. The van der Waals surface area contributed by atoms with Crippen LogP contribution in [0.1, 0.15) is 20.3 Å². The maximum Gasteiger partial charge on any atom is 0.220 e. The van der Waals surface area contributed by atoms with Crippen molar-refractivity contribution in [1.29, 1.82) is 0 Å². The van der Waals surface area contributed by atoms with Crippen LogP contribution in [0.15, 0.2) is 58.8 Å². The first-order chi connectivity index (χ1) is 13.1. The number of benzene rings is 2. The number of anilines is 1. The standard InChI is InChI=1S/C20H22N4O2S/c1-3-13-24-17-8-6-5-7-16(17)18(19(24)25)22-23-20(27)21-14-9-11-15(12-10-14)26-4-2/h5-12,25H,3-4,13H2,1-2H3,(H,21,27). The van der Waals surface area contributed by atoms with E-state index in [4.69, 9.17) is 17.0 Å². The summed E-state index contributed by atoms with van der Waals surface area (Å²) in [6.45, 7) is 5.32. The van der Waals surface area contributed by atoms with Gasteiger partial charge in [-0.3, -0.25) is 0 Å². The fraction of sp³-hybridized carbons (Fsp3) is 0.250. The molecule has 2 aromatic carbocycles. The second-order valence-corrected chi connectivity index (χ2v) is 6.32. The highest BCUT2D eigenvalue weighted by Crippen LogP contribution is 2.38. The van der Waals surface area contributed by atoms with Gasteiger partial charge in [0.05, 0.1) is 12.1 Å². The molecule has 1 aromatic heterocycles. The molecule has 0 aliphatic heterocycles. The number of nitrogens with zero attached hydrogens (tertiary/aromatic N) is 3. The summed E-state index contributed by atoms with van der Waals surface area (Å²) in [5.74, 6) is 0.898. The van der Waals surface area contributed by atoms with Crippen LogP contribution < -0.4 is 10.1 Å². The third-order valence-corrected chi connectivity index (χ3v) is 4.21. The van der Waals surface area contributed by atoms with Gasteiger partial charge in [-0.25, -0.2) is 0 Å². The summed E-state index contributed by atoms with van der Waals surface area (Å²) in [4.78, 5) is 0. The van der Waals surface area contributed by atoms with Crippen LogP contribution in [0.3, 0.4) is 0 Å². The number of azo groups is 1. The van der Waals surface area contributed by atoms with Gasteiger partial charge in [0.1, 0.15) is 5.75 Å². The lowest BCUT2D eigenvalue weighted by atomic mass is 10.2. The number of hydrogen-bond acceptors (Lipinski definition) is 4. The lowest BCUT2D eigenvalue weighted by Gasteiger charge is -2.06. The minimum Gasteiger partial charge on any atom is -0.494 e. The molecule has 3 rings (SSSR count). The Labute approximate surface area is 163 Å². The maximum atomic E-state index is 10.6. The fourth-order valence-corrected chi connectivity index (χ4v) is 3.02. The van der Waals surface area contributed by atoms with E-state index in [1.807, 2.05) is 60.0 Å². The maximum absolute atomic E-state index is 10.6. The second-order valence-electron chi connectivity index (χ2n) is 5.93. The molecule has 0 fully saturated rings. The molecule has 2 N–H and O–H groups in total. The number of aromatic hydroxyl groups is 1. The third kappa shape index (κ3) is 4.25. The van der Waals surface area contributed by atoms with Crippen LogP contribution in [0, 0.1) is 0 Å². The number of ether oxygens (including phenoxy) is 1. The molecule has 0 atom stereocenters. The van der Waals surface area contributed by atoms with Gasteiger partial charge >= 0.3 is 0 Å². The summed E-state index contributed by atoms with van der Waals surface area (Å²) in [6.07, 6.45) is 0.903. The molecule has 0 saturated heterocycles. The van der Waals surface area contributed by atoms with E-state index in [1.165, 1.54) is 0 Å². The van der Waals surface area contributed by atoms with Gasteiger partial charge in [0.15, 0.2) is 5.69 Å². The molecule has 6 nitrogen and oxygen atoms in total. The highest BCUT2D eigenvalue weighted by Gasteiger charge is 2.15. The number of nitrogens with one attached hydrogen (secondary N) is 1. The Hall–Kier alpha value is -2.93. The number of thiocarbonyl (C=S) groups is 1. The zero-order valence-electron chi connectivity index (χ0n) is 15.3. The predicted octanol–water partition coefficient (Wildman–Crippen LogP) is 5.64. The van der Waals surface area contributed by atoms with Crippen LogP contribution in [0.5, 0.6) is 11.6 Å². The smallest absolute Gasteiger partial charge is 0.220 e. The molecule has 0 saturated carbocycles. The van der Waals surface area contributed by atoms with E-state index in [0.29, 0.717) is 18.8 Å². The van der Waals surface area contributed by atoms with Crippen molar-refractivity contribution >= 4 is 39.6 Å². The SMILES string of the molecule is CCCn1c(O)c(N=NC(=S)Nc2ccc(OCC)cc2)c2ccccc21. The average molecular weight is 382 g/mol. The van der Waals surface area contributed by atoms with Crippen LogP contribution in [0.2, 0.25) is 0 Å². The lowest BCUT2D eigenvalue weighted by Crippen LogP contribution is -2.04. The normalized spacial score (nSPS) is 11.2. The van der Waals surface area contributed by atoms with Crippen LogP contribution in [-0.2, 0) is 6.54 Å². The van der Waals surface area contributed by atoms with E-state index in [2.05, 4.69) is 22.5 Å². The number of aryl methyl sites for hydroxylation is 1. The fourth-order valence-electron chi connectivity index (χ4n) is 2.87. The molecule has 3 aromatic rings. The first kappa shape index (κ1) is 18.8. The molecule has 0 aliphatic carbocycles. The molecule has 140 valence electrons. The molecule has 0 radical (unpaired) electrons. The molecule has 0 bridgehead atoms. The Morgan fingerprint density at radius 3 is 2.59 bits per heavy atom. The largest absolute Gasteiger partial charge is 0.494 e. The summed E-state index contributed by atoms with van der Waals surface area (Å²) in [5, 5.41) is 22.9. The lowest BCUT2D eigenvalue weighted by molar-refractivity contribution is 0.340. The van der Waals surface area contributed by atoms with Crippen molar-refractivity contribution in [3.05, 3.63) is 48.5 Å². The average Bonchev–Trinajstić information content (AvgIpc) is 2.94. The topological polar surface area (TPSA) is 71.1 Å². The first-order valence-corrected chi connectivity index (χ1v) is 9.30. The summed E-state index contributed by atoms with van der Waals surface area (Å²) in [6, 6.07) is 15.2. The Bertz CT molecular complexity index is 964. The molecule has 1 heterocycles. The zero-order chi connectivity index (χ0) is 19.2. The van der Waals surface area contributed by atoms with Crippen LogP contribution in [-0.4, -0.2) is 21.4 Å². The van der Waals surface area contributed by atoms with Crippen molar-refractivity contribution in [2.45, 2.75) is 26.8 Å². The third-order valence-electron chi connectivity index (χ3n) is 4.02. The Balaban J connectivity index is 1.79. The Kier molecular flexibility index (Phi) is 6.03. The van der Waals surface area contributed by atoms with Crippen molar-refractivity contribution in [2.75, 3.05) is 11.9 Å². The molecular weight excluding hydrogens is 360 g/mol. The Morgan fingerprint density at radius 2 is 1.89 bits per heavy atom.